The van der Waals surface area contributed by atoms with Crippen LogP contribution in [0.1, 0.15) is 55.5 Å². The second-order valence-electron chi connectivity index (χ2n) is 6.99. The van der Waals surface area contributed by atoms with Crippen molar-refractivity contribution in [1.82, 2.24) is 16.0 Å². The van der Waals surface area contributed by atoms with Crippen LogP contribution < -0.4 is 16.0 Å². The molecule has 1 aromatic rings. The molecular weight excluding hydrogens is 344 g/mol. The number of benzene rings is 1. The van der Waals surface area contributed by atoms with Gasteiger partial charge in [-0.05, 0) is 49.6 Å². The lowest BCUT2D eigenvalue weighted by molar-refractivity contribution is 0.0953. The van der Waals surface area contributed by atoms with Gasteiger partial charge in [-0.15, -0.1) is 0 Å². The van der Waals surface area contributed by atoms with Crippen LogP contribution in [0.3, 0.4) is 0 Å². The number of nitrogens with zero attached hydrogens (tertiary/aromatic N) is 1. The van der Waals surface area contributed by atoms with Crippen LogP contribution in [-0.2, 0) is 6.54 Å². The summed E-state index contributed by atoms with van der Waals surface area (Å²) >= 11 is 2.04. The Morgan fingerprint density at radius 1 is 1.23 bits per heavy atom. The molecule has 1 fully saturated rings. The summed E-state index contributed by atoms with van der Waals surface area (Å²) in [5.41, 5.74) is 1.83. The van der Waals surface area contributed by atoms with Gasteiger partial charge >= 0.3 is 0 Å². The first-order valence-corrected chi connectivity index (χ1v) is 10.5. The Kier molecular flexibility index (Phi) is 8.29. The molecule has 0 spiro atoms. The van der Waals surface area contributed by atoms with E-state index in [-0.39, 0.29) is 5.91 Å². The van der Waals surface area contributed by atoms with Crippen molar-refractivity contribution in [3.63, 3.8) is 0 Å². The van der Waals surface area contributed by atoms with E-state index in [0.717, 1.165) is 37.5 Å². The number of amides is 1. The van der Waals surface area contributed by atoms with Crippen LogP contribution in [0.2, 0.25) is 0 Å². The average molecular weight is 377 g/mol. The molecule has 6 heteroatoms. The Morgan fingerprint density at radius 2 is 2.00 bits per heavy atom. The number of guanidine groups is 1. The lowest BCUT2D eigenvalue weighted by atomic mass is 10.1. The van der Waals surface area contributed by atoms with E-state index in [9.17, 15) is 4.79 Å². The highest BCUT2D eigenvalue weighted by atomic mass is 32.2. The fourth-order valence-corrected chi connectivity index (χ4v) is 4.15. The Bertz CT molecular complexity index is 594. The van der Waals surface area contributed by atoms with Gasteiger partial charge in [-0.3, -0.25) is 9.79 Å². The summed E-state index contributed by atoms with van der Waals surface area (Å²) in [4.78, 5) is 16.3. The SMILES string of the molecule is CCCCNC(=O)c1ccc(CNC(=NC)NCC2(C)CCCS2)cc1. The zero-order valence-corrected chi connectivity index (χ0v) is 17.0. The molecule has 0 saturated carbocycles. The quantitative estimate of drug-likeness (QED) is 0.370. The zero-order valence-electron chi connectivity index (χ0n) is 16.2. The van der Waals surface area contributed by atoms with E-state index in [1.54, 1.807) is 7.05 Å². The minimum atomic E-state index is -0.00209. The summed E-state index contributed by atoms with van der Waals surface area (Å²) in [5, 5.41) is 9.72. The van der Waals surface area contributed by atoms with Crippen molar-refractivity contribution >= 4 is 23.6 Å². The van der Waals surface area contributed by atoms with Crippen LogP contribution in [-0.4, -0.2) is 42.5 Å². The standard InChI is InChI=1S/C20H32N4OS/c1-4-5-12-22-18(25)17-9-7-16(8-10-17)14-23-19(21-3)24-15-20(2)11-6-13-26-20/h7-10H,4-6,11-15H2,1-3H3,(H,22,25)(H2,21,23,24). The Labute approximate surface area is 161 Å². The minimum absolute atomic E-state index is 0.00209. The minimum Gasteiger partial charge on any atom is -0.355 e. The van der Waals surface area contributed by atoms with Gasteiger partial charge in [0.05, 0.1) is 0 Å². The second kappa shape index (κ2) is 10.5. The summed E-state index contributed by atoms with van der Waals surface area (Å²) < 4.78 is 0.310. The number of thioether (sulfide) groups is 1. The second-order valence-corrected chi connectivity index (χ2v) is 8.67. The molecule has 2 rings (SSSR count). The predicted octanol–water partition coefficient (Wildman–Crippen LogP) is 3.17. The molecule has 1 aromatic carbocycles. The molecule has 1 amide bonds. The molecule has 0 radical (unpaired) electrons. The molecular formula is C20H32N4OS. The van der Waals surface area contributed by atoms with Crippen LogP contribution >= 0.6 is 11.8 Å². The lowest BCUT2D eigenvalue weighted by Gasteiger charge is -2.24. The first-order valence-electron chi connectivity index (χ1n) is 9.52. The lowest BCUT2D eigenvalue weighted by Crippen LogP contribution is -2.43. The summed E-state index contributed by atoms with van der Waals surface area (Å²) in [5.74, 6) is 2.07. The van der Waals surface area contributed by atoms with Crippen molar-refractivity contribution in [1.29, 1.82) is 0 Å². The van der Waals surface area contributed by atoms with Gasteiger partial charge in [0.1, 0.15) is 0 Å². The highest BCUT2D eigenvalue weighted by Gasteiger charge is 2.29. The monoisotopic (exact) mass is 376 g/mol. The highest BCUT2D eigenvalue weighted by molar-refractivity contribution is 8.00. The van der Waals surface area contributed by atoms with Gasteiger partial charge in [0.2, 0.25) is 0 Å². The van der Waals surface area contributed by atoms with Crippen LogP contribution in [0.5, 0.6) is 0 Å². The van der Waals surface area contributed by atoms with Crippen LogP contribution in [0, 0.1) is 0 Å². The normalized spacial score (nSPS) is 20.0. The molecule has 1 unspecified atom stereocenters. The summed E-state index contributed by atoms with van der Waals surface area (Å²) in [6, 6.07) is 7.74. The number of carbonyl (C=O) groups is 1. The van der Waals surface area contributed by atoms with Crippen molar-refractivity contribution in [3.8, 4) is 0 Å². The predicted molar refractivity (Wildman–Crippen MR) is 112 cm³/mol. The smallest absolute Gasteiger partial charge is 0.251 e. The van der Waals surface area contributed by atoms with Crippen molar-refractivity contribution in [2.45, 2.75) is 50.8 Å². The van der Waals surface area contributed by atoms with Gasteiger partial charge in [-0.1, -0.05) is 25.5 Å². The number of unbranched alkanes of at least 4 members (excludes halogenated alkanes) is 1. The fourth-order valence-electron chi connectivity index (χ4n) is 2.91. The Balaban J connectivity index is 1.77. The Hall–Kier alpha value is -1.69. The maximum Gasteiger partial charge on any atom is 0.251 e. The van der Waals surface area contributed by atoms with Crippen molar-refractivity contribution in [2.75, 3.05) is 25.9 Å². The van der Waals surface area contributed by atoms with E-state index < -0.39 is 0 Å². The van der Waals surface area contributed by atoms with Crippen LogP contribution in [0.4, 0.5) is 0 Å². The molecule has 5 nitrogen and oxygen atoms in total. The van der Waals surface area contributed by atoms with Gasteiger partial charge in [0.15, 0.2) is 5.96 Å². The molecule has 1 aliphatic heterocycles. The largest absolute Gasteiger partial charge is 0.355 e. The first-order chi connectivity index (χ1) is 12.6. The van der Waals surface area contributed by atoms with E-state index >= 15 is 0 Å². The molecule has 144 valence electrons. The fraction of sp³-hybridized carbons (Fsp3) is 0.600. The van der Waals surface area contributed by atoms with E-state index in [1.165, 1.54) is 18.6 Å². The van der Waals surface area contributed by atoms with Gasteiger partial charge in [0.25, 0.3) is 5.91 Å². The molecule has 26 heavy (non-hydrogen) atoms. The average Bonchev–Trinajstić information content (AvgIpc) is 3.09. The summed E-state index contributed by atoms with van der Waals surface area (Å²) in [7, 11) is 1.79. The molecule has 1 aliphatic rings. The van der Waals surface area contributed by atoms with Crippen LogP contribution in [0.25, 0.3) is 0 Å². The van der Waals surface area contributed by atoms with E-state index in [4.69, 9.17) is 0 Å². The van der Waals surface area contributed by atoms with Crippen molar-refractivity contribution in [2.24, 2.45) is 4.99 Å². The topological polar surface area (TPSA) is 65.5 Å². The number of aliphatic imine (C=N–C) groups is 1. The third-order valence-corrected chi connectivity index (χ3v) is 6.18. The summed E-state index contributed by atoms with van der Waals surface area (Å²) in [6.45, 7) is 6.77. The van der Waals surface area contributed by atoms with Gasteiger partial charge in [0, 0.05) is 37.0 Å². The molecule has 3 N–H and O–H groups in total. The first kappa shape index (κ1) is 20.6. The number of hydrogen-bond donors (Lipinski definition) is 3. The number of hydrogen-bond acceptors (Lipinski definition) is 3. The van der Waals surface area contributed by atoms with Gasteiger partial charge in [-0.25, -0.2) is 0 Å². The van der Waals surface area contributed by atoms with Gasteiger partial charge in [-0.2, -0.15) is 11.8 Å². The molecule has 1 heterocycles. The third kappa shape index (κ3) is 6.56. The maximum absolute atomic E-state index is 12.0. The molecule has 1 atom stereocenters. The molecule has 0 aromatic heterocycles. The van der Waals surface area contributed by atoms with E-state index in [0.29, 0.717) is 16.9 Å². The number of nitrogens with one attached hydrogen (secondary N) is 3. The molecule has 0 bridgehead atoms. The van der Waals surface area contributed by atoms with E-state index in [1.807, 2.05) is 36.0 Å². The number of carbonyl (C=O) groups excluding carboxylic acids is 1. The Morgan fingerprint density at radius 3 is 2.62 bits per heavy atom. The highest BCUT2D eigenvalue weighted by Crippen LogP contribution is 2.36. The number of rotatable bonds is 8. The molecule has 1 saturated heterocycles. The van der Waals surface area contributed by atoms with Crippen molar-refractivity contribution in [3.05, 3.63) is 35.4 Å². The van der Waals surface area contributed by atoms with E-state index in [2.05, 4.69) is 34.8 Å². The van der Waals surface area contributed by atoms with Gasteiger partial charge < -0.3 is 16.0 Å². The van der Waals surface area contributed by atoms with Crippen molar-refractivity contribution < 1.29 is 4.79 Å². The maximum atomic E-state index is 12.0. The third-order valence-electron chi connectivity index (χ3n) is 4.65. The summed E-state index contributed by atoms with van der Waals surface area (Å²) in [6.07, 6.45) is 4.65. The van der Waals surface area contributed by atoms with Crippen LogP contribution in [0.15, 0.2) is 29.3 Å². The molecule has 0 aliphatic carbocycles. The zero-order chi connectivity index (χ0) is 18.8.